The monoisotopic (exact) mass is 297 g/mol. The third kappa shape index (κ3) is 4.10. The number of amides is 1. The number of benzene rings is 1. The average Bonchev–Trinajstić information content (AvgIpc) is 2.39. The van der Waals surface area contributed by atoms with Crippen LogP contribution in [0.4, 0.5) is 24.7 Å². The Balaban J connectivity index is 2.22. The Morgan fingerprint density at radius 2 is 1.86 bits per heavy atom. The van der Waals surface area contributed by atoms with Crippen LogP contribution in [0.25, 0.3) is 0 Å². The van der Waals surface area contributed by atoms with Crippen molar-refractivity contribution in [3.8, 4) is 5.75 Å². The van der Waals surface area contributed by atoms with Gasteiger partial charge in [-0.25, -0.2) is 4.98 Å². The first-order chi connectivity index (χ1) is 9.85. The molecule has 1 aromatic heterocycles. The van der Waals surface area contributed by atoms with Gasteiger partial charge in [0.2, 0.25) is 0 Å². The number of nitrogen functional groups attached to an aromatic ring is 1. The molecule has 1 aromatic carbocycles. The van der Waals surface area contributed by atoms with Crippen molar-refractivity contribution in [2.45, 2.75) is 6.36 Å². The van der Waals surface area contributed by atoms with Crippen molar-refractivity contribution >= 4 is 17.4 Å². The number of carbonyl (C=O) groups is 1. The van der Waals surface area contributed by atoms with Crippen LogP contribution >= 0.6 is 0 Å². The Hall–Kier alpha value is -2.77. The number of nitrogens with one attached hydrogen (secondary N) is 1. The number of anilines is 2. The number of rotatable bonds is 3. The molecule has 0 atom stereocenters. The van der Waals surface area contributed by atoms with E-state index in [2.05, 4.69) is 15.0 Å². The topological polar surface area (TPSA) is 77.2 Å². The molecule has 2 rings (SSSR count). The summed E-state index contributed by atoms with van der Waals surface area (Å²) in [5.41, 5.74) is 5.30. The lowest BCUT2D eigenvalue weighted by Gasteiger charge is -2.13. The lowest BCUT2D eigenvalue weighted by molar-refractivity contribution is -0.274. The average molecular weight is 297 g/mol. The first-order valence-corrected chi connectivity index (χ1v) is 5.74. The number of alkyl halides is 3. The minimum atomic E-state index is -4.85. The Labute approximate surface area is 117 Å². The van der Waals surface area contributed by atoms with Gasteiger partial charge in [-0.15, -0.1) is 13.2 Å². The van der Waals surface area contributed by atoms with Crippen LogP contribution < -0.4 is 15.8 Å². The quantitative estimate of drug-likeness (QED) is 0.913. The zero-order valence-electron chi connectivity index (χ0n) is 10.5. The van der Waals surface area contributed by atoms with E-state index in [1.807, 2.05) is 0 Å². The summed E-state index contributed by atoms with van der Waals surface area (Å²) in [7, 11) is 0. The summed E-state index contributed by atoms with van der Waals surface area (Å²) < 4.78 is 40.6. The second-order valence-corrected chi connectivity index (χ2v) is 3.95. The summed E-state index contributed by atoms with van der Waals surface area (Å²) >= 11 is 0. The van der Waals surface area contributed by atoms with Gasteiger partial charge in [0.05, 0.1) is 5.69 Å². The van der Waals surface area contributed by atoms with E-state index in [0.29, 0.717) is 0 Å². The molecule has 0 bridgehead atoms. The normalized spacial score (nSPS) is 11.0. The number of nitrogens with zero attached hydrogens (tertiary/aromatic N) is 1. The van der Waals surface area contributed by atoms with Crippen molar-refractivity contribution in [3.05, 3.63) is 48.2 Å². The van der Waals surface area contributed by atoms with Crippen LogP contribution in [0.3, 0.4) is 0 Å². The van der Waals surface area contributed by atoms with Crippen molar-refractivity contribution in [1.82, 2.24) is 4.98 Å². The Morgan fingerprint density at radius 3 is 2.52 bits per heavy atom. The second-order valence-electron chi connectivity index (χ2n) is 3.95. The van der Waals surface area contributed by atoms with E-state index in [4.69, 9.17) is 5.73 Å². The molecule has 0 spiro atoms. The van der Waals surface area contributed by atoms with E-state index in [1.54, 1.807) is 0 Å². The van der Waals surface area contributed by atoms with Crippen LogP contribution in [0.15, 0.2) is 42.5 Å². The van der Waals surface area contributed by atoms with Gasteiger partial charge in [0.15, 0.2) is 5.75 Å². The van der Waals surface area contributed by atoms with Gasteiger partial charge >= 0.3 is 6.36 Å². The number of nitrogens with two attached hydrogens (primary N) is 1. The molecule has 0 unspecified atom stereocenters. The minimum Gasteiger partial charge on any atom is -0.404 e. The zero-order chi connectivity index (χ0) is 15.5. The van der Waals surface area contributed by atoms with E-state index in [9.17, 15) is 18.0 Å². The molecule has 0 radical (unpaired) electrons. The molecule has 21 heavy (non-hydrogen) atoms. The molecular formula is C13H10F3N3O2. The van der Waals surface area contributed by atoms with E-state index in [1.165, 1.54) is 36.4 Å². The summed E-state index contributed by atoms with van der Waals surface area (Å²) in [6.07, 6.45) is -4.85. The number of hydrogen-bond donors (Lipinski definition) is 2. The minimum absolute atomic E-state index is 0.0168. The molecule has 5 nitrogen and oxygen atoms in total. The molecule has 3 N–H and O–H groups in total. The Morgan fingerprint density at radius 1 is 1.14 bits per heavy atom. The predicted molar refractivity (Wildman–Crippen MR) is 69.7 cm³/mol. The lowest BCUT2D eigenvalue weighted by Crippen LogP contribution is -2.20. The van der Waals surface area contributed by atoms with Crippen LogP contribution in [0.1, 0.15) is 10.5 Å². The van der Waals surface area contributed by atoms with E-state index >= 15 is 0 Å². The molecule has 0 aliphatic heterocycles. The van der Waals surface area contributed by atoms with Crippen molar-refractivity contribution in [2.75, 3.05) is 11.1 Å². The van der Waals surface area contributed by atoms with Crippen molar-refractivity contribution in [3.63, 3.8) is 0 Å². The maximum absolute atomic E-state index is 12.3. The number of aromatic nitrogens is 1. The van der Waals surface area contributed by atoms with Crippen LogP contribution in [-0.2, 0) is 0 Å². The summed E-state index contributed by atoms with van der Waals surface area (Å²) in [6.45, 7) is 0. The molecular weight excluding hydrogens is 287 g/mol. The third-order valence-corrected chi connectivity index (χ3v) is 2.36. The number of para-hydroxylation sites is 2. The molecule has 0 fully saturated rings. The molecule has 0 aliphatic carbocycles. The molecule has 2 aromatic rings. The number of hydrogen-bond acceptors (Lipinski definition) is 4. The highest BCUT2D eigenvalue weighted by Crippen LogP contribution is 2.30. The van der Waals surface area contributed by atoms with Gasteiger partial charge in [0, 0.05) is 0 Å². The smallest absolute Gasteiger partial charge is 0.404 e. The first-order valence-electron chi connectivity index (χ1n) is 5.74. The summed E-state index contributed by atoms with van der Waals surface area (Å²) in [5.74, 6) is -1.08. The number of carbonyl (C=O) groups excluding carboxylic acids is 1. The van der Waals surface area contributed by atoms with Crippen LogP contribution in [-0.4, -0.2) is 17.3 Å². The lowest BCUT2D eigenvalue weighted by atomic mass is 10.2. The zero-order valence-corrected chi connectivity index (χ0v) is 10.5. The standard InChI is InChI=1S/C13H10F3N3O2/c14-13(15,16)21-10-6-2-1-4-8(10)19-12(20)9-5-3-7-11(17)18-9/h1-7H,(H2,17,18)(H,19,20). The SMILES string of the molecule is Nc1cccc(C(=O)Nc2ccccc2OC(F)(F)F)n1. The fraction of sp³-hybridized carbons (Fsp3) is 0.0769. The number of pyridine rings is 1. The molecule has 1 amide bonds. The number of ether oxygens (including phenoxy) is 1. The summed E-state index contributed by atoms with van der Waals surface area (Å²) in [6, 6.07) is 9.58. The molecule has 0 aliphatic rings. The molecule has 110 valence electrons. The third-order valence-electron chi connectivity index (χ3n) is 2.36. The largest absolute Gasteiger partial charge is 0.573 e. The molecule has 1 heterocycles. The van der Waals surface area contributed by atoms with Gasteiger partial charge in [0.25, 0.3) is 5.91 Å². The van der Waals surface area contributed by atoms with Gasteiger partial charge in [0.1, 0.15) is 11.5 Å². The summed E-state index contributed by atoms with van der Waals surface area (Å²) in [4.78, 5) is 15.7. The predicted octanol–water partition coefficient (Wildman–Crippen LogP) is 2.81. The number of halogens is 3. The second kappa shape index (κ2) is 5.70. The van der Waals surface area contributed by atoms with Crippen LogP contribution in [0, 0.1) is 0 Å². The fourth-order valence-electron chi connectivity index (χ4n) is 1.55. The molecule has 8 heteroatoms. The Bertz CT molecular complexity index is 659. The van der Waals surface area contributed by atoms with E-state index < -0.39 is 18.0 Å². The Kier molecular flexibility index (Phi) is 3.97. The highest BCUT2D eigenvalue weighted by molar-refractivity contribution is 6.03. The van der Waals surface area contributed by atoms with E-state index in [-0.39, 0.29) is 17.2 Å². The van der Waals surface area contributed by atoms with Gasteiger partial charge < -0.3 is 15.8 Å². The van der Waals surface area contributed by atoms with Crippen LogP contribution in [0.2, 0.25) is 0 Å². The maximum atomic E-state index is 12.3. The molecule has 0 saturated heterocycles. The van der Waals surface area contributed by atoms with Crippen molar-refractivity contribution in [1.29, 1.82) is 0 Å². The van der Waals surface area contributed by atoms with Crippen molar-refractivity contribution in [2.24, 2.45) is 0 Å². The first kappa shape index (κ1) is 14.6. The van der Waals surface area contributed by atoms with Gasteiger partial charge in [-0.05, 0) is 24.3 Å². The van der Waals surface area contributed by atoms with Gasteiger partial charge in [-0.3, -0.25) is 4.79 Å². The van der Waals surface area contributed by atoms with Gasteiger partial charge in [-0.2, -0.15) is 0 Å². The fourth-order valence-corrected chi connectivity index (χ4v) is 1.55. The molecule has 0 saturated carbocycles. The highest BCUT2D eigenvalue weighted by atomic mass is 19.4. The highest BCUT2D eigenvalue weighted by Gasteiger charge is 2.32. The van der Waals surface area contributed by atoms with Gasteiger partial charge in [-0.1, -0.05) is 18.2 Å². The van der Waals surface area contributed by atoms with E-state index in [0.717, 1.165) is 6.07 Å². The summed E-state index contributed by atoms with van der Waals surface area (Å²) in [5, 5.41) is 2.29. The van der Waals surface area contributed by atoms with Crippen LogP contribution in [0.5, 0.6) is 5.75 Å². The van der Waals surface area contributed by atoms with Crippen molar-refractivity contribution < 1.29 is 22.7 Å². The maximum Gasteiger partial charge on any atom is 0.573 e.